The molecule has 0 aliphatic carbocycles. The number of nitrogens with two attached hydrogens (primary N) is 1. The Kier molecular flexibility index (Phi) is 2.59. The minimum Gasteiger partial charge on any atom is -0.387 e. The van der Waals surface area contributed by atoms with E-state index in [9.17, 15) is 4.39 Å². The topological polar surface area (TPSA) is 55.5 Å². The van der Waals surface area contributed by atoms with Crippen molar-refractivity contribution in [1.29, 1.82) is 0 Å². The summed E-state index contributed by atoms with van der Waals surface area (Å²) in [4.78, 5) is 0. The molecule has 4 heteroatoms. The zero-order valence-electron chi connectivity index (χ0n) is 5.66. The van der Waals surface area contributed by atoms with Crippen molar-refractivity contribution in [3.8, 4) is 0 Å². The molecule has 1 aliphatic rings. The number of rotatable bonds is 1. The van der Waals surface area contributed by atoms with Crippen molar-refractivity contribution in [2.24, 2.45) is 5.73 Å². The van der Waals surface area contributed by atoms with E-state index in [1.54, 1.807) is 0 Å². The van der Waals surface area contributed by atoms with Crippen LogP contribution in [0.4, 0.5) is 4.39 Å². The first-order valence-electron chi connectivity index (χ1n) is 3.39. The van der Waals surface area contributed by atoms with E-state index in [-0.39, 0.29) is 13.0 Å². The Morgan fingerprint density at radius 3 is 2.90 bits per heavy atom. The van der Waals surface area contributed by atoms with E-state index in [1.165, 1.54) is 0 Å². The van der Waals surface area contributed by atoms with Crippen LogP contribution in [0.5, 0.6) is 0 Å². The van der Waals surface area contributed by atoms with Gasteiger partial charge < -0.3 is 15.6 Å². The van der Waals surface area contributed by atoms with Crippen LogP contribution in [-0.4, -0.2) is 36.6 Å². The summed E-state index contributed by atoms with van der Waals surface area (Å²) in [6.07, 6.45) is -2.43. The summed E-state index contributed by atoms with van der Waals surface area (Å²) in [6, 6.07) is 0. The molecule has 3 atom stereocenters. The van der Waals surface area contributed by atoms with Gasteiger partial charge in [0, 0.05) is 13.0 Å². The number of halogens is 1. The van der Waals surface area contributed by atoms with Crippen LogP contribution >= 0.6 is 0 Å². The molecule has 1 heterocycles. The van der Waals surface area contributed by atoms with E-state index in [4.69, 9.17) is 15.6 Å². The van der Waals surface area contributed by atoms with Gasteiger partial charge in [0.25, 0.3) is 0 Å². The van der Waals surface area contributed by atoms with E-state index in [0.717, 1.165) is 0 Å². The minimum atomic E-state index is -1.16. The molecule has 3 unspecified atom stereocenters. The van der Waals surface area contributed by atoms with E-state index in [0.29, 0.717) is 6.61 Å². The Morgan fingerprint density at radius 1 is 1.70 bits per heavy atom. The molecule has 0 amide bonds. The second kappa shape index (κ2) is 3.27. The first-order valence-corrected chi connectivity index (χ1v) is 3.39. The predicted octanol–water partition coefficient (Wildman–Crippen LogP) is -0.567. The number of ether oxygens (including phenoxy) is 1. The third-order valence-corrected chi connectivity index (χ3v) is 1.71. The Hall–Kier alpha value is -0.190. The summed E-state index contributed by atoms with van der Waals surface area (Å²) in [5.41, 5.74) is 5.20. The minimum absolute atomic E-state index is 0.182. The lowest BCUT2D eigenvalue weighted by atomic mass is 10.0. The summed E-state index contributed by atoms with van der Waals surface area (Å²) in [5.74, 6) is 0. The summed E-state index contributed by atoms with van der Waals surface area (Å²) >= 11 is 0. The van der Waals surface area contributed by atoms with Gasteiger partial charge in [-0.05, 0) is 0 Å². The fourth-order valence-electron chi connectivity index (χ4n) is 1.04. The standard InChI is InChI=1S/C6H12FNO2/c7-4-1-2-10-5(3-8)6(4)9/h4-6,9H,1-3,8H2. The van der Waals surface area contributed by atoms with E-state index in [1.807, 2.05) is 0 Å². The summed E-state index contributed by atoms with van der Waals surface area (Å²) in [7, 11) is 0. The molecule has 1 saturated heterocycles. The maximum Gasteiger partial charge on any atom is 0.131 e. The quantitative estimate of drug-likeness (QED) is 0.525. The maximum absolute atomic E-state index is 12.6. The molecule has 0 bridgehead atoms. The molecule has 3 nitrogen and oxygen atoms in total. The first kappa shape index (κ1) is 7.91. The highest BCUT2D eigenvalue weighted by Crippen LogP contribution is 2.16. The normalized spacial score (nSPS) is 41.7. The largest absolute Gasteiger partial charge is 0.387 e. The molecular weight excluding hydrogens is 137 g/mol. The monoisotopic (exact) mass is 149 g/mol. The molecule has 1 aliphatic heterocycles. The fraction of sp³-hybridized carbons (Fsp3) is 1.00. The van der Waals surface area contributed by atoms with E-state index >= 15 is 0 Å². The molecule has 10 heavy (non-hydrogen) atoms. The second-order valence-corrected chi connectivity index (χ2v) is 2.44. The van der Waals surface area contributed by atoms with Gasteiger partial charge in [0.1, 0.15) is 12.3 Å². The highest BCUT2D eigenvalue weighted by molar-refractivity contribution is 4.81. The Bertz CT molecular complexity index is 112. The van der Waals surface area contributed by atoms with Gasteiger partial charge in [0.05, 0.1) is 12.7 Å². The third-order valence-electron chi connectivity index (χ3n) is 1.71. The Morgan fingerprint density at radius 2 is 2.40 bits per heavy atom. The van der Waals surface area contributed by atoms with Gasteiger partial charge in [-0.2, -0.15) is 0 Å². The molecule has 0 aromatic rings. The number of hydrogen-bond donors (Lipinski definition) is 2. The van der Waals surface area contributed by atoms with Gasteiger partial charge in [-0.1, -0.05) is 0 Å². The van der Waals surface area contributed by atoms with Crippen LogP contribution in [0.3, 0.4) is 0 Å². The van der Waals surface area contributed by atoms with Gasteiger partial charge in [0.2, 0.25) is 0 Å². The highest BCUT2D eigenvalue weighted by Gasteiger charge is 2.31. The van der Waals surface area contributed by atoms with Gasteiger partial charge in [0.15, 0.2) is 0 Å². The molecule has 1 rings (SSSR count). The van der Waals surface area contributed by atoms with Gasteiger partial charge in [-0.15, -0.1) is 0 Å². The van der Waals surface area contributed by atoms with Crippen molar-refractivity contribution >= 4 is 0 Å². The van der Waals surface area contributed by atoms with Gasteiger partial charge in [-0.3, -0.25) is 0 Å². The molecule has 0 spiro atoms. The van der Waals surface area contributed by atoms with Crippen LogP contribution in [0.25, 0.3) is 0 Å². The Balaban J connectivity index is 2.42. The summed E-state index contributed by atoms with van der Waals surface area (Å²) < 4.78 is 17.6. The lowest BCUT2D eigenvalue weighted by molar-refractivity contribution is -0.107. The smallest absolute Gasteiger partial charge is 0.131 e. The molecule has 0 radical (unpaired) electrons. The lowest BCUT2D eigenvalue weighted by Gasteiger charge is -2.29. The SMILES string of the molecule is NCC1OCCC(F)C1O. The average Bonchev–Trinajstić information content (AvgIpc) is 1.95. The van der Waals surface area contributed by atoms with Crippen molar-refractivity contribution in [2.45, 2.75) is 24.8 Å². The van der Waals surface area contributed by atoms with Crippen molar-refractivity contribution in [2.75, 3.05) is 13.2 Å². The molecule has 60 valence electrons. The molecule has 1 fully saturated rings. The lowest BCUT2D eigenvalue weighted by Crippen LogP contribution is -2.46. The van der Waals surface area contributed by atoms with Crippen molar-refractivity contribution in [1.82, 2.24) is 0 Å². The zero-order valence-corrected chi connectivity index (χ0v) is 5.66. The van der Waals surface area contributed by atoms with Crippen LogP contribution < -0.4 is 5.73 Å². The van der Waals surface area contributed by atoms with E-state index in [2.05, 4.69) is 0 Å². The van der Waals surface area contributed by atoms with Crippen LogP contribution in [0, 0.1) is 0 Å². The number of aliphatic hydroxyl groups is 1. The van der Waals surface area contributed by atoms with Crippen molar-refractivity contribution in [3.05, 3.63) is 0 Å². The molecule has 3 N–H and O–H groups in total. The fourth-order valence-corrected chi connectivity index (χ4v) is 1.04. The third kappa shape index (κ3) is 1.45. The van der Waals surface area contributed by atoms with E-state index < -0.39 is 18.4 Å². The molecule has 0 saturated carbocycles. The first-order chi connectivity index (χ1) is 4.75. The highest BCUT2D eigenvalue weighted by atomic mass is 19.1. The zero-order chi connectivity index (χ0) is 7.56. The van der Waals surface area contributed by atoms with Crippen LogP contribution in [0.15, 0.2) is 0 Å². The van der Waals surface area contributed by atoms with Crippen molar-refractivity contribution in [3.63, 3.8) is 0 Å². The molecular formula is C6H12FNO2. The average molecular weight is 149 g/mol. The predicted molar refractivity (Wildman–Crippen MR) is 34.3 cm³/mol. The van der Waals surface area contributed by atoms with Crippen LogP contribution in [0.1, 0.15) is 6.42 Å². The summed E-state index contributed by atoms with van der Waals surface area (Å²) in [5, 5.41) is 9.06. The second-order valence-electron chi connectivity index (χ2n) is 2.44. The number of aliphatic hydroxyl groups excluding tert-OH is 1. The van der Waals surface area contributed by atoms with Gasteiger partial charge >= 0.3 is 0 Å². The summed E-state index contributed by atoms with van der Waals surface area (Å²) in [6.45, 7) is 0.543. The maximum atomic E-state index is 12.6. The number of alkyl halides is 1. The molecule has 0 aromatic carbocycles. The number of hydrogen-bond acceptors (Lipinski definition) is 3. The van der Waals surface area contributed by atoms with Crippen LogP contribution in [-0.2, 0) is 4.74 Å². The Labute approximate surface area is 59.0 Å². The van der Waals surface area contributed by atoms with Crippen LogP contribution in [0.2, 0.25) is 0 Å². The molecule has 0 aromatic heterocycles. The van der Waals surface area contributed by atoms with Gasteiger partial charge in [-0.25, -0.2) is 4.39 Å². The van der Waals surface area contributed by atoms with Crippen molar-refractivity contribution < 1.29 is 14.2 Å².